The second-order valence-electron chi connectivity index (χ2n) is 18.4. The van der Waals surface area contributed by atoms with E-state index in [9.17, 15) is 0 Å². The molecule has 0 spiro atoms. The fourth-order valence-electron chi connectivity index (χ4n) is 9.72. The first-order valence-electron chi connectivity index (χ1n) is 22.7. The molecule has 0 unspecified atom stereocenters. The number of nitrogens with zero attached hydrogens (tertiary/aromatic N) is 4. The zero-order valence-electron chi connectivity index (χ0n) is 38.2. The van der Waals surface area contributed by atoms with Crippen LogP contribution in [0.15, 0.2) is 194 Å². The summed E-state index contributed by atoms with van der Waals surface area (Å²) in [5, 5.41) is 0. The van der Waals surface area contributed by atoms with Crippen LogP contribution in [0.4, 0.5) is 34.1 Å². The number of fused-ring (bicyclic) bond motifs is 4. The van der Waals surface area contributed by atoms with Crippen molar-refractivity contribution in [3.8, 4) is 44.5 Å². The molecule has 11 rings (SSSR count). The Balaban J connectivity index is 0.887. The first kappa shape index (κ1) is 41.1. The van der Waals surface area contributed by atoms with Gasteiger partial charge in [-0.3, -0.25) is 0 Å². The zero-order valence-corrected chi connectivity index (χ0v) is 39.0. The Morgan fingerprint density at radius 2 is 0.621 bits per heavy atom. The summed E-state index contributed by atoms with van der Waals surface area (Å²) in [5.74, 6) is 0. The molecule has 0 amide bonds. The fourth-order valence-corrected chi connectivity index (χ4v) is 10.3. The van der Waals surface area contributed by atoms with Crippen molar-refractivity contribution >= 4 is 56.9 Å². The van der Waals surface area contributed by atoms with Gasteiger partial charge in [-0.05, 0) is 151 Å². The lowest BCUT2D eigenvalue weighted by molar-refractivity contribution is 0.660. The third-order valence-electron chi connectivity index (χ3n) is 13.5. The largest absolute Gasteiger partial charge is 0.311 e. The van der Waals surface area contributed by atoms with Crippen molar-refractivity contribution < 1.29 is 0 Å². The molecule has 0 saturated carbocycles. The monoisotopic (exact) mass is 870 g/mol. The number of aryl methyl sites for hydroxylation is 4. The standard InChI is InChI=1S/C61H50N4S/c1-39-7-21-47(22-8-39)64(48-23-9-40(2)10-24-48)51-29-16-44(17-30-51)53-35-36-54(60-59(53)62-66-63-60)45-18-31-52(32-19-45)65(49-25-11-41(3)12-26-49)50-27-14-43(15-28-50)46-20-34-56-55-33-13-42(4)37-57(55)61(5,6)58(56)38-46/h7-38H,1-6H3. The van der Waals surface area contributed by atoms with E-state index in [-0.39, 0.29) is 5.41 Å². The number of aromatic nitrogens is 2. The number of anilines is 6. The van der Waals surface area contributed by atoms with Gasteiger partial charge >= 0.3 is 0 Å². The summed E-state index contributed by atoms with van der Waals surface area (Å²) in [4.78, 5) is 4.64. The molecule has 320 valence electrons. The van der Waals surface area contributed by atoms with E-state index >= 15 is 0 Å². The van der Waals surface area contributed by atoms with E-state index in [1.807, 2.05) is 0 Å². The van der Waals surface area contributed by atoms with Crippen molar-refractivity contribution in [1.82, 2.24) is 8.75 Å². The maximum absolute atomic E-state index is 4.87. The van der Waals surface area contributed by atoms with Crippen molar-refractivity contribution in [2.24, 2.45) is 0 Å². The van der Waals surface area contributed by atoms with Crippen LogP contribution in [0.25, 0.3) is 55.5 Å². The second-order valence-corrected chi connectivity index (χ2v) is 18.9. The third-order valence-corrected chi connectivity index (χ3v) is 14.0. The van der Waals surface area contributed by atoms with Crippen molar-refractivity contribution in [3.05, 3.63) is 228 Å². The first-order valence-corrected chi connectivity index (χ1v) is 23.4. The molecule has 0 N–H and O–H groups in total. The third kappa shape index (κ3) is 7.36. The van der Waals surface area contributed by atoms with Crippen molar-refractivity contribution in [2.75, 3.05) is 9.80 Å². The first-order chi connectivity index (χ1) is 32.1. The summed E-state index contributed by atoms with van der Waals surface area (Å²) in [5.41, 5.74) is 25.7. The van der Waals surface area contributed by atoms with Gasteiger partial charge in [0.2, 0.25) is 0 Å². The molecule has 10 aromatic rings. The smallest absolute Gasteiger partial charge is 0.113 e. The van der Waals surface area contributed by atoms with Crippen LogP contribution in [0.5, 0.6) is 0 Å². The molecular weight excluding hydrogens is 821 g/mol. The Morgan fingerprint density at radius 1 is 0.318 bits per heavy atom. The summed E-state index contributed by atoms with van der Waals surface area (Å²) in [6, 6.07) is 71.1. The molecule has 1 aliphatic carbocycles. The van der Waals surface area contributed by atoms with Crippen LogP contribution in [0.2, 0.25) is 0 Å². The molecule has 4 nitrogen and oxygen atoms in total. The Morgan fingerprint density at radius 3 is 1.03 bits per heavy atom. The summed E-state index contributed by atoms with van der Waals surface area (Å²) in [7, 11) is 0. The normalized spacial score (nSPS) is 12.5. The fraction of sp³-hybridized carbons (Fsp3) is 0.115. The Hall–Kier alpha value is -7.60. The molecule has 0 radical (unpaired) electrons. The van der Waals surface area contributed by atoms with Crippen LogP contribution in [-0.4, -0.2) is 8.75 Å². The van der Waals surface area contributed by atoms with Crippen LogP contribution in [-0.2, 0) is 5.41 Å². The molecule has 0 aliphatic heterocycles. The lowest BCUT2D eigenvalue weighted by Crippen LogP contribution is -2.15. The minimum absolute atomic E-state index is 0.0506. The molecule has 0 bridgehead atoms. The Bertz CT molecular complexity index is 3340. The van der Waals surface area contributed by atoms with Gasteiger partial charge in [0.05, 0.1) is 11.7 Å². The molecule has 0 saturated heterocycles. The molecule has 9 aromatic carbocycles. The van der Waals surface area contributed by atoms with Gasteiger partial charge in [-0.2, -0.15) is 8.75 Å². The highest BCUT2D eigenvalue weighted by Gasteiger charge is 2.35. The molecule has 1 aliphatic rings. The Labute approximate surface area is 392 Å². The maximum Gasteiger partial charge on any atom is 0.113 e. The van der Waals surface area contributed by atoms with Gasteiger partial charge in [0.15, 0.2) is 0 Å². The minimum Gasteiger partial charge on any atom is -0.311 e. The van der Waals surface area contributed by atoms with E-state index in [0.717, 1.165) is 67.4 Å². The molecule has 5 heteroatoms. The average molecular weight is 871 g/mol. The summed E-state index contributed by atoms with van der Waals surface area (Å²) in [6.45, 7) is 13.3. The molecule has 1 aromatic heterocycles. The predicted octanol–water partition coefficient (Wildman–Crippen LogP) is 17.2. The highest BCUT2D eigenvalue weighted by molar-refractivity contribution is 7.00. The topological polar surface area (TPSA) is 32.3 Å². The minimum atomic E-state index is -0.0506. The van der Waals surface area contributed by atoms with Gasteiger partial charge in [0.25, 0.3) is 0 Å². The van der Waals surface area contributed by atoms with Crippen LogP contribution in [0, 0.1) is 27.7 Å². The number of hydrogen-bond donors (Lipinski definition) is 0. The lowest BCUT2D eigenvalue weighted by Gasteiger charge is -2.26. The van der Waals surface area contributed by atoms with E-state index in [2.05, 4.69) is 245 Å². The van der Waals surface area contributed by atoms with Crippen LogP contribution in [0.3, 0.4) is 0 Å². The van der Waals surface area contributed by atoms with E-state index in [0.29, 0.717) is 0 Å². The predicted molar refractivity (Wildman–Crippen MR) is 280 cm³/mol. The SMILES string of the molecule is Cc1ccc(N(c2ccc(C)cc2)c2ccc(-c3ccc(-c4ccc(N(c5ccc(C)cc5)c5ccc(-c6ccc7c(c6)C(C)(C)c6cc(C)ccc6-7)cc5)cc4)c4nsnc34)cc2)cc1. The van der Waals surface area contributed by atoms with Crippen LogP contribution in [0.1, 0.15) is 47.2 Å². The zero-order chi connectivity index (χ0) is 45.1. The van der Waals surface area contributed by atoms with Gasteiger partial charge in [0, 0.05) is 50.7 Å². The van der Waals surface area contributed by atoms with Crippen LogP contribution < -0.4 is 9.80 Å². The maximum atomic E-state index is 4.87. The van der Waals surface area contributed by atoms with Gasteiger partial charge in [-0.1, -0.05) is 151 Å². The van der Waals surface area contributed by atoms with Crippen molar-refractivity contribution in [2.45, 2.75) is 47.0 Å². The van der Waals surface area contributed by atoms with Gasteiger partial charge in [-0.15, -0.1) is 0 Å². The number of hydrogen-bond acceptors (Lipinski definition) is 5. The van der Waals surface area contributed by atoms with Crippen molar-refractivity contribution in [1.29, 1.82) is 0 Å². The van der Waals surface area contributed by atoms with E-state index in [1.165, 1.54) is 67.4 Å². The number of benzene rings is 9. The highest BCUT2D eigenvalue weighted by Crippen LogP contribution is 2.50. The molecule has 66 heavy (non-hydrogen) atoms. The summed E-state index contributed by atoms with van der Waals surface area (Å²) >= 11 is 1.27. The Kier molecular flexibility index (Phi) is 10.2. The van der Waals surface area contributed by atoms with E-state index in [4.69, 9.17) is 8.75 Å². The van der Waals surface area contributed by atoms with E-state index < -0.39 is 0 Å². The van der Waals surface area contributed by atoms with Crippen molar-refractivity contribution in [3.63, 3.8) is 0 Å². The number of rotatable bonds is 9. The second kappa shape index (κ2) is 16.4. The molecular formula is C61H50N4S. The van der Waals surface area contributed by atoms with Gasteiger partial charge in [0.1, 0.15) is 11.0 Å². The highest BCUT2D eigenvalue weighted by atomic mass is 32.1. The van der Waals surface area contributed by atoms with Crippen LogP contribution >= 0.6 is 11.7 Å². The lowest BCUT2D eigenvalue weighted by atomic mass is 9.81. The quantitative estimate of drug-likeness (QED) is 0.145. The van der Waals surface area contributed by atoms with Gasteiger partial charge < -0.3 is 9.80 Å². The average Bonchev–Trinajstić information content (AvgIpc) is 3.92. The summed E-state index contributed by atoms with van der Waals surface area (Å²) < 4.78 is 9.73. The summed E-state index contributed by atoms with van der Waals surface area (Å²) in [6.07, 6.45) is 0. The molecule has 0 fully saturated rings. The van der Waals surface area contributed by atoms with Gasteiger partial charge in [-0.25, -0.2) is 0 Å². The van der Waals surface area contributed by atoms with E-state index in [1.54, 1.807) is 0 Å². The molecule has 0 atom stereocenters. The molecule has 1 heterocycles.